The lowest BCUT2D eigenvalue weighted by molar-refractivity contribution is -0.170. The van der Waals surface area contributed by atoms with E-state index in [9.17, 15) is 4.79 Å². The summed E-state index contributed by atoms with van der Waals surface area (Å²) < 4.78 is 6.36. The molecular formula is C24H32O2. The molecule has 0 N–H and O–H groups in total. The van der Waals surface area contributed by atoms with Gasteiger partial charge in [0.05, 0.1) is 5.41 Å². The Morgan fingerprint density at radius 1 is 0.923 bits per heavy atom. The van der Waals surface area contributed by atoms with Gasteiger partial charge in [0, 0.05) is 0 Å². The van der Waals surface area contributed by atoms with Gasteiger partial charge in [-0.05, 0) is 111 Å². The lowest BCUT2D eigenvalue weighted by atomic mass is 9.63. The van der Waals surface area contributed by atoms with Gasteiger partial charge in [-0.3, -0.25) is 4.79 Å². The summed E-state index contributed by atoms with van der Waals surface area (Å²) in [6.07, 6.45) is 15.8. The minimum absolute atomic E-state index is 0.179. The molecular weight excluding hydrogens is 320 g/mol. The number of hydrogen-bond donors (Lipinski definition) is 0. The summed E-state index contributed by atoms with van der Waals surface area (Å²) >= 11 is 0. The highest BCUT2D eigenvalue weighted by Crippen LogP contribution is 2.70. The molecule has 0 aromatic rings. The predicted molar refractivity (Wildman–Crippen MR) is 99.0 cm³/mol. The first-order valence-electron chi connectivity index (χ1n) is 11.5. The maximum Gasteiger partial charge on any atom is 0.312 e. The van der Waals surface area contributed by atoms with Gasteiger partial charge in [0.25, 0.3) is 0 Å². The van der Waals surface area contributed by atoms with E-state index in [4.69, 9.17) is 4.74 Å². The molecule has 12 atom stereocenters. The molecule has 6 bridgehead atoms. The van der Waals surface area contributed by atoms with E-state index in [0.717, 1.165) is 53.8 Å². The van der Waals surface area contributed by atoms with Crippen molar-refractivity contribution in [1.29, 1.82) is 0 Å². The molecule has 140 valence electrons. The van der Waals surface area contributed by atoms with Crippen molar-refractivity contribution in [3.8, 4) is 0 Å². The van der Waals surface area contributed by atoms with Crippen molar-refractivity contribution in [2.24, 2.45) is 64.6 Å². The third-order valence-electron chi connectivity index (χ3n) is 10.7. The molecule has 6 fully saturated rings. The van der Waals surface area contributed by atoms with E-state index in [1.807, 2.05) is 0 Å². The van der Waals surface area contributed by atoms with E-state index in [1.54, 1.807) is 0 Å². The lowest BCUT2D eigenvalue weighted by Crippen LogP contribution is -2.45. The summed E-state index contributed by atoms with van der Waals surface area (Å²) in [6.45, 7) is 2.28. The molecule has 0 heterocycles. The topological polar surface area (TPSA) is 26.3 Å². The minimum atomic E-state index is -0.179. The first kappa shape index (κ1) is 15.2. The van der Waals surface area contributed by atoms with Gasteiger partial charge >= 0.3 is 5.97 Å². The number of carbonyl (C=O) groups is 1. The molecule has 0 aromatic heterocycles. The number of ether oxygens (including phenoxy) is 1. The lowest BCUT2D eigenvalue weighted by Gasteiger charge is -2.43. The van der Waals surface area contributed by atoms with Crippen LogP contribution < -0.4 is 0 Å². The molecule has 0 aliphatic heterocycles. The standard InChI is InChI=1S/C24H32O2/c1-24(11-15-9-19(24)22-13-6-5-12(7-13)21(15)22)23(25)26-20-10-14-8-18(20)17-4-2-3-16(14)17/h5-6,12-22H,2-4,7-11H2,1H3. The smallest absolute Gasteiger partial charge is 0.312 e. The van der Waals surface area contributed by atoms with Crippen molar-refractivity contribution in [2.75, 3.05) is 0 Å². The molecule has 2 nitrogen and oxygen atoms in total. The quantitative estimate of drug-likeness (QED) is 0.404. The van der Waals surface area contributed by atoms with E-state index in [-0.39, 0.29) is 17.5 Å². The normalized spacial score (nSPS) is 62.9. The van der Waals surface area contributed by atoms with E-state index < -0.39 is 0 Å². The molecule has 7 aliphatic carbocycles. The monoisotopic (exact) mass is 352 g/mol. The molecule has 7 aliphatic rings. The van der Waals surface area contributed by atoms with E-state index in [0.29, 0.717) is 11.8 Å². The summed E-state index contributed by atoms with van der Waals surface area (Å²) in [5, 5.41) is 0. The number of carbonyl (C=O) groups excluding carboxylic acids is 1. The first-order valence-corrected chi connectivity index (χ1v) is 11.5. The molecule has 0 saturated heterocycles. The Balaban J connectivity index is 1.11. The van der Waals surface area contributed by atoms with Crippen molar-refractivity contribution >= 4 is 5.97 Å². The van der Waals surface area contributed by atoms with Gasteiger partial charge in [0.15, 0.2) is 0 Å². The van der Waals surface area contributed by atoms with Crippen LogP contribution in [0.2, 0.25) is 0 Å². The zero-order valence-corrected chi connectivity index (χ0v) is 16.0. The van der Waals surface area contributed by atoms with Crippen LogP contribution in [0.25, 0.3) is 0 Å². The molecule has 6 saturated carbocycles. The number of fused-ring (bicyclic) bond motifs is 14. The highest BCUT2D eigenvalue weighted by Gasteiger charge is 2.67. The second-order valence-corrected chi connectivity index (χ2v) is 11.4. The Morgan fingerprint density at radius 3 is 2.62 bits per heavy atom. The fourth-order valence-corrected chi connectivity index (χ4v) is 10.0. The van der Waals surface area contributed by atoms with Crippen molar-refractivity contribution in [3.05, 3.63) is 12.2 Å². The number of allylic oxidation sites excluding steroid dienone is 2. The highest BCUT2D eigenvalue weighted by atomic mass is 16.5. The van der Waals surface area contributed by atoms with Crippen molar-refractivity contribution in [3.63, 3.8) is 0 Å². The summed E-state index contributed by atoms with van der Waals surface area (Å²) in [5.41, 5.74) is -0.179. The minimum Gasteiger partial charge on any atom is -0.462 e. The molecule has 0 spiro atoms. The van der Waals surface area contributed by atoms with Crippen LogP contribution in [0.4, 0.5) is 0 Å². The van der Waals surface area contributed by atoms with Crippen LogP contribution in [0.15, 0.2) is 12.2 Å². The number of hydrogen-bond acceptors (Lipinski definition) is 2. The Kier molecular flexibility index (Phi) is 2.79. The van der Waals surface area contributed by atoms with Crippen molar-refractivity contribution < 1.29 is 9.53 Å². The SMILES string of the molecule is CC1(C(=O)OC2CC3CC2C2CCCC32)CC2CC1C1C3C=CC(C3)C21. The largest absolute Gasteiger partial charge is 0.462 e. The molecule has 12 unspecified atom stereocenters. The third-order valence-corrected chi connectivity index (χ3v) is 10.7. The highest BCUT2D eigenvalue weighted by molar-refractivity contribution is 5.78. The fourth-order valence-electron chi connectivity index (χ4n) is 10.0. The summed E-state index contributed by atoms with van der Waals surface area (Å²) in [6, 6.07) is 0. The van der Waals surface area contributed by atoms with Gasteiger partial charge in [-0.2, -0.15) is 0 Å². The Hall–Kier alpha value is -0.790. The molecule has 7 rings (SSSR count). The Labute approximate surface area is 157 Å². The number of esters is 1. The van der Waals surface area contributed by atoms with Crippen LogP contribution in [-0.2, 0) is 9.53 Å². The first-order chi connectivity index (χ1) is 12.6. The molecule has 26 heavy (non-hydrogen) atoms. The number of rotatable bonds is 2. The van der Waals surface area contributed by atoms with Gasteiger partial charge in [0.2, 0.25) is 0 Å². The van der Waals surface area contributed by atoms with E-state index in [1.165, 1.54) is 44.9 Å². The van der Waals surface area contributed by atoms with Crippen molar-refractivity contribution in [1.82, 2.24) is 0 Å². The van der Waals surface area contributed by atoms with Gasteiger partial charge in [-0.25, -0.2) is 0 Å². The van der Waals surface area contributed by atoms with Crippen LogP contribution >= 0.6 is 0 Å². The van der Waals surface area contributed by atoms with E-state index in [2.05, 4.69) is 19.1 Å². The zero-order valence-electron chi connectivity index (χ0n) is 16.0. The van der Waals surface area contributed by atoms with Crippen LogP contribution in [0.5, 0.6) is 0 Å². The van der Waals surface area contributed by atoms with Crippen LogP contribution in [0.1, 0.15) is 58.3 Å². The van der Waals surface area contributed by atoms with Crippen LogP contribution in [-0.4, -0.2) is 12.1 Å². The van der Waals surface area contributed by atoms with Crippen molar-refractivity contribution in [2.45, 2.75) is 64.4 Å². The molecule has 0 radical (unpaired) electrons. The van der Waals surface area contributed by atoms with Crippen LogP contribution in [0.3, 0.4) is 0 Å². The predicted octanol–water partition coefficient (Wildman–Crippen LogP) is 4.84. The van der Waals surface area contributed by atoms with Crippen LogP contribution in [0, 0.1) is 64.6 Å². The zero-order chi connectivity index (χ0) is 17.2. The fraction of sp³-hybridized carbons (Fsp3) is 0.875. The maximum atomic E-state index is 13.4. The molecule has 0 amide bonds. The maximum absolute atomic E-state index is 13.4. The van der Waals surface area contributed by atoms with Gasteiger partial charge < -0.3 is 4.74 Å². The molecule has 2 heteroatoms. The average Bonchev–Trinajstić information content (AvgIpc) is 3.41. The molecule has 0 aromatic carbocycles. The summed E-state index contributed by atoms with van der Waals surface area (Å²) in [5.74, 6) is 8.34. The summed E-state index contributed by atoms with van der Waals surface area (Å²) in [4.78, 5) is 13.4. The van der Waals surface area contributed by atoms with Gasteiger partial charge in [-0.1, -0.05) is 18.6 Å². The second-order valence-electron chi connectivity index (χ2n) is 11.4. The van der Waals surface area contributed by atoms with Gasteiger partial charge in [-0.15, -0.1) is 0 Å². The average molecular weight is 353 g/mol. The third kappa shape index (κ3) is 1.65. The van der Waals surface area contributed by atoms with E-state index >= 15 is 0 Å². The summed E-state index contributed by atoms with van der Waals surface area (Å²) in [7, 11) is 0. The Morgan fingerprint density at radius 2 is 1.73 bits per heavy atom. The Bertz CT molecular complexity index is 696. The van der Waals surface area contributed by atoms with Gasteiger partial charge in [0.1, 0.15) is 6.10 Å². The second kappa shape index (κ2) is 4.78.